The van der Waals surface area contributed by atoms with Gasteiger partial charge in [0.25, 0.3) is 0 Å². The third kappa shape index (κ3) is 2.25. The summed E-state index contributed by atoms with van der Waals surface area (Å²) in [5.41, 5.74) is 0.340. The van der Waals surface area contributed by atoms with Gasteiger partial charge in [-0.05, 0) is 17.7 Å². The van der Waals surface area contributed by atoms with Crippen molar-refractivity contribution in [1.29, 1.82) is 0 Å². The molecule has 1 N–H and O–H groups in total. The Bertz CT molecular complexity index is 506. The molecule has 1 aromatic carbocycles. The minimum absolute atomic E-state index is 0.233. The zero-order chi connectivity index (χ0) is 13.3. The van der Waals surface area contributed by atoms with Crippen LogP contribution in [0.4, 0.5) is 4.39 Å². The smallest absolute Gasteiger partial charge is 0.318 e. The summed E-state index contributed by atoms with van der Waals surface area (Å²) in [7, 11) is 1.21. The van der Waals surface area contributed by atoms with Crippen LogP contribution in [0.15, 0.2) is 22.7 Å². The molecule has 2 atom stereocenters. The molecule has 1 aromatic rings. The number of rotatable bonds is 2. The normalized spacial score (nSPS) is 22.7. The number of nitrogens with one attached hydrogen (secondary N) is 1. The lowest BCUT2D eigenvalue weighted by atomic mass is 9.88. The number of carbonyl (C=O) groups excluding carboxylic acids is 2. The summed E-state index contributed by atoms with van der Waals surface area (Å²) in [5, 5.41) is 2.56. The molecule has 0 unspecified atom stereocenters. The fourth-order valence-corrected chi connectivity index (χ4v) is 2.44. The Labute approximate surface area is 112 Å². The van der Waals surface area contributed by atoms with Crippen LogP contribution >= 0.6 is 15.9 Å². The molecule has 1 heterocycles. The van der Waals surface area contributed by atoms with E-state index in [1.165, 1.54) is 13.2 Å². The number of ether oxygens (including phenoxy) is 1. The van der Waals surface area contributed by atoms with E-state index in [1.54, 1.807) is 12.1 Å². The van der Waals surface area contributed by atoms with E-state index in [0.29, 0.717) is 10.0 Å². The number of methoxy groups -OCH3 is 1. The molecule has 0 saturated carbocycles. The van der Waals surface area contributed by atoms with Gasteiger partial charge in [-0.25, -0.2) is 4.39 Å². The zero-order valence-electron chi connectivity index (χ0n) is 9.57. The highest BCUT2D eigenvalue weighted by Crippen LogP contribution is 2.32. The van der Waals surface area contributed by atoms with Crippen molar-refractivity contribution in [3.05, 3.63) is 34.1 Å². The van der Waals surface area contributed by atoms with Crippen molar-refractivity contribution >= 4 is 27.8 Å². The lowest BCUT2D eigenvalue weighted by Crippen LogP contribution is -2.28. The first-order valence-electron chi connectivity index (χ1n) is 5.35. The SMILES string of the molecule is COC(=O)[C@@H]1C(=O)NC[C@H]1c1ccc(Br)cc1F. The van der Waals surface area contributed by atoms with Gasteiger partial charge in [-0.15, -0.1) is 0 Å². The molecule has 1 aliphatic rings. The lowest BCUT2D eigenvalue weighted by Gasteiger charge is -2.15. The highest BCUT2D eigenvalue weighted by Gasteiger charge is 2.42. The summed E-state index contributed by atoms with van der Waals surface area (Å²) in [6.07, 6.45) is 0. The van der Waals surface area contributed by atoms with Gasteiger partial charge in [-0.2, -0.15) is 0 Å². The van der Waals surface area contributed by atoms with Crippen molar-refractivity contribution in [3.8, 4) is 0 Å². The molecule has 4 nitrogen and oxygen atoms in total. The maximum Gasteiger partial charge on any atom is 0.318 e. The van der Waals surface area contributed by atoms with Gasteiger partial charge in [0, 0.05) is 16.9 Å². The number of esters is 1. The number of hydrogen-bond acceptors (Lipinski definition) is 3. The van der Waals surface area contributed by atoms with Gasteiger partial charge in [0.1, 0.15) is 11.7 Å². The van der Waals surface area contributed by atoms with Gasteiger partial charge in [0.2, 0.25) is 5.91 Å². The highest BCUT2D eigenvalue weighted by molar-refractivity contribution is 9.10. The van der Waals surface area contributed by atoms with E-state index >= 15 is 0 Å². The fourth-order valence-electron chi connectivity index (χ4n) is 2.11. The van der Waals surface area contributed by atoms with Crippen molar-refractivity contribution in [2.24, 2.45) is 5.92 Å². The van der Waals surface area contributed by atoms with E-state index in [0.717, 1.165) is 0 Å². The van der Waals surface area contributed by atoms with Gasteiger partial charge in [0.15, 0.2) is 0 Å². The standard InChI is InChI=1S/C12H11BrFNO3/c1-18-12(17)10-8(5-15-11(10)16)7-3-2-6(13)4-9(7)14/h2-4,8,10H,5H2,1H3,(H,15,16)/t8-,10-/m0/s1. The first-order valence-corrected chi connectivity index (χ1v) is 6.14. The average molecular weight is 316 g/mol. The lowest BCUT2D eigenvalue weighted by molar-refractivity contribution is -0.149. The van der Waals surface area contributed by atoms with E-state index in [-0.39, 0.29) is 6.54 Å². The molecule has 0 spiro atoms. The molecular weight excluding hydrogens is 305 g/mol. The van der Waals surface area contributed by atoms with Crippen LogP contribution in [0.2, 0.25) is 0 Å². The predicted molar refractivity (Wildman–Crippen MR) is 65.4 cm³/mol. The molecule has 1 amide bonds. The van der Waals surface area contributed by atoms with Gasteiger partial charge in [0.05, 0.1) is 7.11 Å². The number of amides is 1. The summed E-state index contributed by atoms with van der Waals surface area (Å²) in [4.78, 5) is 23.2. The first kappa shape index (κ1) is 13.0. The second-order valence-corrected chi connectivity index (χ2v) is 4.93. The van der Waals surface area contributed by atoms with E-state index in [4.69, 9.17) is 0 Å². The van der Waals surface area contributed by atoms with E-state index in [2.05, 4.69) is 26.0 Å². The van der Waals surface area contributed by atoms with Crippen molar-refractivity contribution in [2.75, 3.05) is 13.7 Å². The summed E-state index contributed by atoms with van der Waals surface area (Å²) in [6.45, 7) is 0.233. The minimum atomic E-state index is -0.981. The average Bonchev–Trinajstić information content (AvgIpc) is 2.70. The summed E-state index contributed by atoms with van der Waals surface area (Å²) in [5.74, 6) is -3.02. The van der Waals surface area contributed by atoms with Crippen molar-refractivity contribution < 1.29 is 18.7 Å². The molecule has 0 radical (unpaired) electrons. The second-order valence-electron chi connectivity index (χ2n) is 4.02. The Balaban J connectivity index is 2.37. The quantitative estimate of drug-likeness (QED) is 0.666. The molecule has 2 rings (SSSR count). The Morgan fingerprint density at radius 3 is 2.89 bits per heavy atom. The molecule has 1 fully saturated rings. The molecule has 1 saturated heterocycles. The van der Waals surface area contributed by atoms with Crippen molar-refractivity contribution in [2.45, 2.75) is 5.92 Å². The molecule has 6 heteroatoms. The maximum absolute atomic E-state index is 13.8. The van der Waals surface area contributed by atoms with Crippen molar-refractivity contribution in [1.82, 2.24) is 5.32 Å². The molecule has 0 aliphatic carbocycles. The molecule has 0 bridgehead atoms. The largest absolute Gasteiger partial charge is 0.468 e. The number of hydrogen-bond donors (Lipinski definition) is 1. The topological polar surface area (TPSA) is 55.4 Å². The van der Waals surface area contributed by atoms with Gasteiger partial charge in [-0.1, -0.05) is 22.0 Å². The minimum Gasteiger partial charge on any atom is -0.468 e. The van der Waals surface area contributed by atoms with Crippen LogP contribution in [0.5, 0.6) is 0 Å². The van der Waals surface area contributed by atoms with Gasteiger partial charge >= 0.3 is 5.97 Å². The Morgan fingerprint density at radius 2 is 2.28 bits per heavy atom. The van der Waals surface area contributed by atoms with E-state index in [9.17, 15) is 14.0 Å². The summed E-state index contributed by atoms with van der Waals surface area (Å²) in [6, 6.07) is 4.56. The molecular formula is C12H11BrFNO3. The van der Waals surface area contributed by atoms with Crippen LogP contribution in [-0.2, 0) is 14.3 Å². The van der Waals surface area contributed by atoms with Crippen LogP contribution in [-0.4, -0.2) is 25.5 Å². The Morgan fingerprint density at radius 1 is 1.56 bits per heavy atom. The zero-order valence-corrected chi connectivity index (χ0v) is 11.2. The molecule has 96 valence electrons. The first-order chi connectivity index (χ1) is 8.54. The number of carbonyl (C=O) groups is 2. The summed E-state index contributed by atoms with van der Waals surface area (Å²) < 4.78 is 19.0. The highest BCUT2D eigenvalue weighted by atomic mass is 79.9. The fraction of sp³-hybridized carbons (Fsp3) is 0.333. The Kier molecular flexibility index (Phi) is 3.65. The summed E-state index contributed by atoms with van der Waals surface area (Å²) >= 11 is 3.16. The third-order valence-electron chi connectivity index (χ3n) is 3.00. The van der Waals surface area contributed by atoms with Crippen LogP contribution < -0.4 is 5.32 Å². The molecule has 0 aromatic heterocycles. The van der Waals surface area contributed by atoms with Gasteiger partial charge in [-0.3, -0.25) is 9.59 Å². The second kappa shape index (κ2) is 5.06. The monoisotopic (exact) mass is 315 g/mol. The predicted octanol–water partition coefficient (Wildman–Crippen LogP) is 1.59. The Hall–Kier alpha value is -1.43. The molecule has 18 heavy (non-hydrogen) atoms. The van der Waals surface area contributed by atoms with Crippen LogP contribution in [0.25, 0.3) is 0 Å². The van der Waals surface area contributed by atoms with Crippen LogP contribution in [0.1, 0.15) is 11.5 Å². The maximum atomic E-state index is 13.8. The van der Waals surface area contributed by atoms with Crippen LogP contribution in [0, 0.1) is 11.7 Å². The molecule has 1 aliphatic heterocycles. The van der Waals surface area contributed by atoms with Crippen molar-refractivity contribution in [3.63, 3.8) is 0 Å². The van der Waals surface area contributed by atoms with Gasteiger partial charge < -0.3 is 10.1 Å². The third-order valence-corrected chi connectivity index (χ3v) is 3.49. The van der Waals surface area contributed by atoms with E-state index in [1.807, 2.05) is 0 Å². The van der Waals surface area contributed by atoms with Crippen LogP contribution in [0.3, 0.4) is 0 Å². The van der Waals surface area contributed by atoms with E-state index < -0.39 is 29.5 Å². The number of benzene rings is 1. The number of halogens is 2.